The molecule has 0 heterocycles. The Morgan fingerprint density at radius 3 is 2.43 bits per heavy atom. The first-order valence-corrected chi connectivity index (χ1v) is 8.10. The van der Waals surface area contributed by atoms with Gasteiger partial charge in [-0.1, -0.05) is 31.4 Å². The van der Waals surface area contributed by atoms with Crippen LogP contribution in [0, 0.1) is 5.82 Å². The Kier molecular flexibility index (Phi) is 7.72. The van der Waals surface area contributed by atoms with Gasteiger partial charge in [0.25, 0.3) is 0 Å². The summed E-state index contributed by atoms with van der Waals surface area (Å²) in [6.45, 7) is 4.14. The number of rotatable bonds is 10. The number of hydrogen-bond acceptors (Lipinski definition) is 2. The Morgan fingerprint density at radius 1 is 1.13 bits per heavy atom. The second-order valence-electron chi connectivity index (χ2n) is 6.30. The predicted octanol–water partition coefficient (Wildman–Crippen LogP) is 3.64. The first-order valence-electron chi connectivity index (χ1n) is 8.10. The van der Waals surface area contributed by atoms with Crippen molar-refractivity contribution in [2.75, 3.05) is 6.54 Å². The van der Waals surface area contributed by atoms with E-state index in [0.717, 1.165) is 25.7 Å². The lowest BCUT2D eigenvalue weighted by Crippen LogP contribution is -2.40. The number of unbranched alkanes of at least 4 members (excludes halogenated alkanes) is 4. The minimum absolute atomic E-state index is 0.117. The van der Waals surface area contributed by atoms with Crippen molar-refractivity contribution in [1.82, 2.24) is 5.32 Å². The first-order chi connectivity index (χ1) is 10.8. The minimum atomic E-state index is -0.774. The van der Waals surface area contributed by atoms with Crippen LogP contribution in [0.3, 0.4) is 0 Å². The van der Waals surface area contributed by atoms with E-state index in [9.17, 15) is 14.0 Å². The normalized spacial score (nSPS) is 11.3. The number of hydrogen-bond donors (Lipinski definition) is 2. The number of amides is 1. The smallest absolute Gasteiger partial charge is 0.303 e. The topological polar surface area (TPSA) is 66.4 Å². The maximum Gasteiger partial charge on any atom is 0.303 e. The van der Waals surface area contributed by atoms with Gasteiger partial charge in [0.05, 0.1) is 5.41 Å². The number of carbonyl (C=O) groups is 2. The lowest BCUT2D eigenvalue weighted by molar-refractivity contribution is -0.137. The van der Waals surface area contributed by atoms with E-state index in [1.165, 1.54) is 12.1 Å². The molecule has 0 unspecified atom stereocenters. The van der Waals surface area contributed by atoms with E-state index in [1.54, 1.807) is 26.0 Å². The highest BCUT2D eigenvalue weighted by molar-refractivity contribution is 5.87. The van der Waals surface area contributed by atoms with Gasteiger partial charge < -0.3 is 10.4 Å². The summed E-state index contributed by atoms with van der Waals surface area (Å²) in [5.74, 6) is -1.21. The van der Waals surface area contributed by atoms with Gasteiger partial charge in [0.2, 0.25) is 5.91 Å². The molecular weight excluding hydrogens is 297 g/mol. The Morgan fingerprint density at radius 2 is 1.78 bits per heavy atom. The first kappa shape index (κ1) is 19.1. The van der Waals surface area contributed by atoms with Gasteiger partial charge in [0.1, 0.15) is 5.82 Å². The third-order valence-corrected chi connectivity index (χ3v) is 3.97. The second-order valence-corrected chi connectivity index (χ2v) is 6.30. The van der Waals surface area contributed by atoms with Crippen molar-refractivity contribution in [2.24, 2.45) is 0 Å². The molecule has 0 spiro atoms. The Hall–Kier alpha value is -1.91. The fourth-order valence-electron chi connectivity index (χ4n) is 2.36. The molecule has 0 atom stereocenters. The third-order valence-electron chi connectivity index (χ3n) is 3.97. The molecule has 4 nitrogen and oxygen atoms in total. The number of carbonyl (C=O) groups excluding carboxylic acids is 1. The fraction of sp³-hybridized carbons (Fsp3) is 0.556. The average molecular weight is 323 g/mol. The van der Waals surface area contributed by atoms with Crippen LogP contribution in [-0.2, 0) is 15.0 Å². The molecule has 1 aromatic rings. The molecule has 23 heavy (non-hydrogen) atoms. The summed E-state index contributed by atoms with van der Waals surface area (Å²) >= 11 is 0. The molecule has 0 aromatic heterocycles. The predicted molar refractivity (Wildman–Crippen MR) is 87.8 cm³/mol. The van der Waals surface area contributed by atoms with E-state index in [1.807, 2.05) is 0 Å². The Bertz CT molecular complexity index is 529. The highest BCUT2D eigenvalue weighted by Gasteiger charge is 2.29. The van der Waals surface area contributed by atoms with E-state index in [4.69, 9.17) is 5.11 Å². The van der Waals surface area contributed by atoms with Crippen LogP contribution in [0.1, 0.15) is 57.9 Å². The van der Waals surface area contributed by atoms with E-state index in [2.05, 4.69) is 5.32 Å². The van der Waals surface area contributed by atoms with Gasteiger partial charge in [0.15, 0.2) is 0 Å². The highest BCUT2D eigenvalue weighted by Crippen LogP contribution is 2.23. The van der Waals surface area contributed by atoms with E-state index in [0.29, 0.717) is 18.5 Å². The molecule has 0 aliphatic carbocycles. The molecule has 0 radical (unpaired) electrons. The van der Waals surface area contributed by atoms with Gasteiger partial charge in [0, 0.05) is 13.0 Å². The molecule has 5 heteroatoms. The molecule has 128 valence electrons. The van der Waals surface area contributed by atoms with Crippen molar-refractivity contribution in [3.05, 3.63) is 35.6 Å². The van der Waals surface area contributed by atoms with Gasteiger partial charge in [-0.05, 0) is 44.4 Å². The Labute approximate surface area is 137 Å². The summed E-state index contributed by atoms with van der Waals surface area (Å²) < 4.78 is 13.3. The van der Waals surface area contributed by atoms with Crippen LogP contribution in [-0.4, -0.2) is 23.5 Å². The molecule has 2 N–H and O–H groups in total. The third kappa shape index (κ3) is 6.80. The summed E-state index contributed by atoms with van der Waals surface area (Å²) in [7, 11) is 0. The van der Waals surface area contributed by atoms with Gasteiger partial charge in [-0.25, -0.2) is 4.39 Å². The lowest BCUT2D eigenvalue weighted by Gasteiger charge is -2.24. The van der Waals surface area contributed by atoms with Crippen molar-refractivity contribution in [3.8, 4) is 0 Å². The van der Waals surface area contributed by atoms with E-state index < -0.39 is 11.4 Å². The minimum Gasteiger partial charge on any atom is -0.481 e. The standard InChI is InChI=1S/C18H26FNO3/c1-18(2,14-9-8-10-15(19)13-14)17(23)20-12-7-5-3-4-6-11-16(21)22/h8-10,13H,3-7,11-12H2,1-2H3,(H,20,23)(H,21,22). The highest BCUT2D eigenvalue weighted by atomic mass is 19.1. The molecular formula is C18H26FNO3. The second kappa shape index (κ2) is 9.28. The van der Waals surface area contributed by atoms with Crippen LogP contribution in [0.5, 0.6) is 0 Å². The van der Waals surface area contributed by atoms with E-state index in [-0.39, 0.29) is 18.1 Å². The molecule has 0 saturated carbocycles. The molecule has 0 fully saturated rings. The number of benzene rings is 1. The molecule has 1 amide bonds. The molecule has 0 saturated heterocycles. The summed E-state index contributed by atoms with van der Waals surface area (Å²) in [5.41, 5.74) is -0.118. The van der Waals surface area contributed by atoms with Crippen LogP contribution < -0.4 is 5.32 Å². The summed E-state index contributed by atoms with van der Waals surface area (Å²) in [6, 6.07) is 6.12. The van der Waals surface area contributed by atoms with Crippen molar-refractivity contribution < 1.29 is 19.1 Å². The number of nitrogens with one attached hydrogen (secondary N) is 1. The van der Waals surface area contributed by atoms with Crippen LogP contribution in [0.2, 0.25) is 0 Å². The zero-order chi connectivity index (χ0) is 17.3. The van der Waals surface area contributed by atoms with Crippen LogP contribution in [0.4, 0.5) is 4.39 Å². The molecule has 1 rings (SSSR count). The van der Waals surface area contributed by atoms with Gasteiger partial charge in [-0.2, -0.15) is 0 Å². The van der Waals surface area contributed by atoms with Gasteiger partial charge in [-0.3, -0.25) is 9.59 Å². The molecule has 0 aliphatic heterocycles. The summed E-state index contributed by atoms with van der Waals surface area (Å²) in [6.07, 6.45) is 4.61. The van der Waals surface area contributed by atoms with Crippen LogP contribution >= 0.6 is 0 Å². The molecule has 1 aromatic carbocycles. The van der Waals surface area contributed by atoms with Gasteiger partial charge in [-0.15, -0.1) is 0 Å². The van der Waals surface area contributed by atoms with E-state index >= 15 is 0 Å². The van der Waals surface area contributed by atoms with Crippen molar-refractivity contribution >= 4 is 11.9 Å². The SMILES string of the molecule is CC(C)(C(=O)NCCCCCCCC(=O)O)c1cccc(F)c1. The lowest BCUT2D eigenvalue weighted by atomic mass is 9.83. The molecule has 0 bridgehead atoms. The molecule has 0 aliphatic rings. The van der Waals surface area contributed by atoms with Crippen molar-refractivity contribution in [2.45, 2.75) is 57.8 Å². The largest absolute Gasteiger partial charge is 0.481 e. The average Bonchev–Trinajstić information content (AvgIpc) is 2.49. The zero-order valence-electron chi connectivity index (χ0n) is 13.9. The summed E-state index contributed by atoms with van der Waals surface area (Å²) in [4.78, 5) is 22.7. The van der Waals surface area contributed by atoms with Gasteiger partial charge >= 0.3 is 5.97 Å². The number of aliphatic carboxylic acids is 1. The van der Waals surface area contributed by atoms with Crippen LogP contribution in [0.25, 0.3) is 0 Å². The maximum atomic E-state index is 13.3. The summed E-state index contributed by atoms with van der Waals surface area (Å²) in [5, 5.41) is 11.4. The van der Waals surface area contributed by atoms with Crippen molar-refractivity contribution in [3.63, 3.8) is 0 Å². The van der Waals surface area contributed by atoms with Crippen molar-refractivity contribution in [1.29, 1.82) is 0 Å². The monoisotopic (exact) mass is 323 g/mol. The zero-order valence-corrected chi connectivity index (χ0v) is 13.9. The maximum absolute atomic E-state index is 13.3. The Balaban J connectivity index is 2.27. The number of carboxylic acid groups (broad SMARTS) is 1. The quantitative estimate of drug-likeness (QED) is 0.646. The fourth-order valence-corrected chi connectivity index (χ4v) is 2.36. The number of halogens is 1. The number of carboxylic acids is 1. The van der Waals surface area contributed by atoms with Crippen LogP contribution in [0.15, 0.2) is 24.3 Å².